The predicted octanol–water partition coefficient (Wildman–Crippen LogP) is 3.27. The third-order valence-corrected chi connectivity index (χ3v) is 3.63. The average molecular weight is 328 g/mol. The second kappa shape index (κ2) is 7.19. The molecule has 0 saturated carbocycles. The molecule has 110 valence electrons. The van der Waals surface area contributed by atoms with Crippen LogP contribution in [0, 0.1) is 5.82 Å². The second-order valence-electron chi connectivity index (χ2n) is 4.09. The van der Waals surface area contributed by atoms with E-state index in [2.05, 4.69) is 5.32 Å². The van der Waals surface area contributed by atoms with Gasteiger partial charge in [0.1, 0.15) is 5.82 Å². The number of rotatable bonds is 5. The Morgan fingerprint density at radius 2 is 2.14 bits per heavy atom. The molecule has 21 heavy (non-hydrogen) atoms. The summed E-state index contributed by atoms with van der Waals surface area (Å²) in [7, 11) is 0. The van der Waals surface area contributed by atoms with E-state index in [1.54, 1.807) is 0 Å². The molecule has 0 aliphatic heterocycles. The van der Waals surface area contributed by atoms with E-state index in [9.17, 15) is 14.0 Å². The van der Waals surface area contributed by atoms with Crippen molar-refractivity contribution in [3.05, 3.63) is 51.4 Å². The zero-order valence-corrected chi connectivity index (χ0v) is 12.3. The lowest BCUT2D eigenvalue weighted by atomic mass is 10.3. The van der Waals surface area contributed by atoms with Gasteiger partial charge in [-0.25, -0.2) is 4.39 Å². The molecule has 1 aromatic heterocycles. The SMILES string of the molecule is O=C(COC(=O)Cc1cccs1)Nc1ccc(F)c(Cl)c1. The van der Waals surface area contributed by atoms with Crippen LogP contribution in [0.3, 0.4) is 0 Å². The van der Waals surface area contributed by atoms with Gasteiger partial charge in [0, 0.05) is 10.6 Å². The monoisotopic (exact) mass is 327 g/mol. The number of thiophene rings is 1. The van der Waals surface area contributed by atoms with Crippen LogP contribution in [0.1, 0.15) is 4.88 Å². The molecule has 1 aromatic carbocycles. The number of amides is 1. The van der Waals surface area contributed by atoms with E-state index < -0.39 is 24.3 Å². The Morgan fingerprint density at radius 3 is 2.81 bits per heavy atom. The molecule has 0 spiro atoms. The van der Waals surface area contributed by atoms with Gasteiger partial charge in [0.15, 0.2) is 6.61 Å². The number of halogens is 2. The van der Waals surface area contributed by atoms with E-state index in [1.165, 1.54) is 23.5 Å². The summed E-state index contributed by atoms with van der Waals surface area (Å²) in [6.45, 7) is -0.404. The largest absolute Gasteiger partial charge is 0.455 e. The molecule has 0 radical (unpaired) electrons. The fourth-order valence-corrected chi connectivity index (χ4v) is 2.39. The van der Waals surface area contributed by atoms with Gasteiger partial charge in [-0.15, -0.1) is 11.3 Å². The maximum atomic E-state index is 13.0. The van der Waals surface area contributed by atoms with Crippen LogP contribution in [0.4, 0.5) is 10.1 Å². The number of anilines is 1. The summed E-state index contributed by atoms with van der Waals surface area (Å²) >= 11 is 7.03. The molecule has 0 atom stereocenters. The Morgan fingerprint density at radius 1 is 1.33 bits per heavy atom. The molecule has 1 heterocycles. The lowest BCUT2D eigenvalue weighted by Gasteiger charge is -2.07. The van der Waals surface area contributed by atoms with E-state index in [1.807, 2.05) is 17.5 Å². The first-order valence-corrected chi connectivity index (χ1v) is 7.23. The minimum atomic E-state index is -0.572. The summed E-state index contributed by atoms with van der Waals surface area (Å²) in [5, 5.41) is 4.22. The highest BCUT2D eigenvalue weighted by Gasteiger charge is 2.10. The van der Waals surface area contributed by atoms with Crippen molar-refractivity contribution in [3.63, 3.8) is 0 Å². The number of nitrogens with one attached hydrogen (secondary N) is 1. The molecule has 0 aliphatic rings. The van der Waals surface area contributed by atoms with Gasteiger partial charge in [-0.2, -0.15) is 0 Å². The smallest absolute Gasteiger partial charge is 0.311 e. The molecule has 1 N–H and O–H groups in total. The molecular weight excluding hydrogens is 317 g/mol. The molecule has 0 fully saturated rings. The van der Waals surface area contributed by atoms with Crippen LogP contribution < -0.4 is 5.32 Å². The quantitative estimate of drug-likeness (QED) is 0.858. The van der Waals surface area contributed by atoms with E-state index in [4.69, 9.17) is 16.3 Å². The van der Waals surface area contributed by atoms with Gasteiger partial charge in [0.2, 0.25) is 0 Å². The second-order valence-corrected chi connectivity index (χ2v) is 5.53. The Hall–Kier alpha value is -1.92. The van der Waals surface area contributed by atoms with E-state index >= 15 is 0 Å². The van der Waals surface area contributed by atoms with Gasteiger partial charge in [-0.1, -0.05) is 17.7 Å². The van der Waals surface area contributed by atoms with Crippen molar-refractivity contribution in [2.75, 3.05) is 11.9 Å². The fraction of sp³-hybridized carbons (Fsp3) is 0.143. The Bertz CT molecular complexity index is 646. The normalized spacial score (nSPS) is 10.2. The van der Waals surface area contributed by atoms with Crippen LogP contribution in [-0.4, -0.2) is 18.5 Å². The van der Waals surface area contributed by atoms with Gasteiger partial charge in [0.05, 0.1) is 11.4 Å². The van der Waals surface area contributed by atoms with Gasteiger partial charge in [-0.3, -0.25) is 9.59 Å². The topological polar surface area (TPSA) is 55.4 Å². The van der Waals surface area contributed by atoms with Crippen molar-refractivity contribution in [3.8, 4) is 0 Å². The van der Waals surface area contributed by atoms with Crippen molar-refractivity contribution in [1.29, 1.82) is 0 Å². The molecule has 0 unspecified atom stereocenters. The zero-order valence-electron chi connectivity index (χ0n) is 10.8. The van der Waals surface area contributed by atoms with Crippen LogP contribution in [0.5, 0.6) is 0 Å². The van der Waals surface area contributed by atoms with E-state index in [0.717, 1.165) is 10.9 Å². The van der Waals surface area contributed by atoms with Gasteiger partial charge in [0.25, 0.3) is 5.91 Å². The maximum Gasteiger partial charge on any atom is 0.311 e. The number of carbonyl (C=O) groups is 2. The molecule has 0 aliphatic carbocycles. The molecule has 1 amide bonds. The molecule has 4 nitrogen and oxygen atoms in total. The van der Waals surface area contributed by atoms with Crippen LogP contribution in [0.2, 0.25) is 5.02 Å². The first-order valence-electron chi connectivity index (χ1n) is 5.97. The first-order chi connectivity index (χ1) is 10.0. The zero-order chi connectivity index (χ0) is 15.2. The van der Waals surface area contributed by atoms with E-state index in [-0.39, 0.29) is 11.4 Å². The molecule has 2 rings (SSSR count). The Kier molecular flexibility index (Phi) is 5.30. The van der Waals surface area contributed by atoms with Crippen molar-refractivity contribution < 1.29 is 18.7 Å². The van der Waals surface area contributed by atoms with Crippen molar-refractivity contribution in [1.82, 2.24) is 0 Å². The van der Waals surface area contributed by atoms with Gasteiger partial charge < -0.3 is 10.1 Å². The van der Waals surface area contributed by atoms with Crippen LogP contribution in [0.15, 0.2) is 35.7 Å². The standard InChI is InChI=1S/C14H11ClFNO3S/c15-11-6-9(3-4-12(11)16)17-13(18)8-20-14(19)7-10-2-1-5-21-10/h1-6H,7-8H2,(H,17,18). The number of benzene rings is 1. The lowest BCUT2D eigenvalue weighted by Crippen LogP contribution is -2.21. The van der Waals surface area contributed by atoms with Crippen molar-refractivity contribution in [2.24, 2.45) is 0 Å². The highest BCUT2D eigenvalue weighted by molar-refractivity contribution is 7.10. The lowest BCUT2D eigenvalue weighted by molar-refractivity contribution is -0.146. The highest BCUT2D eigenvalue weighted by atomic mass is 35.5. The minimum Gasteiger partial charge on any atom is -0.455 e. The molecule has 2 aromatic rings. The van der Waals surface area contributed by atoms with Gasteiger partial charge in [-0.05, 0) is 29.6 Å². The Balaban J connectivity index is 1.79. The summed E-state index contributed by atoms with van der Waals surface area (Å²) in [6.07, 6.45) is 0.132. The van der Waals surface area contributed by atoms with Crippen LogP contribution in [0.25, 0.3) is 0 Å². The average Bonchev–Trinajstić information content (AvgIpc) is 2.93. The molecule has 0 bridgehead atoms. The summed E-state index contributed by atoms with van der Waals surface area (Å²) < 4.78 is 17.8. The summed E-state index contributed by atoms with van der Waals surface area (Å²) in [5.74, 6) is -1.57. The van der Waals surface area contributed by atoms with Crippen LogP contribution in [-0.2, 0) is 20.7 Å². The van der Waals surface area contributed by atoms with Crippen molar-refractivity contribution in [2.45, 2.75) is 6.42 Å². The third kappa shape index (κ3) is 4.84. The Labute approximate surface area is 129 Å². The first kappa shape index (κ1) is 15.5. The van der Waals surface area contributed by atoms with E-state index in [0.29, 0.717) is 5.69 Å². The fourth-order valence-electron chi connectivity index (χ4n) is 1.52. The number of carbonyl (C=O) groups excluding carboxylic acids is 2. The third-order valence-electron chi connectivity index (χ3n) is 2.47. The number of hydrogen-bond donors (Lipinski definition) is 1. The molecule has 0 saturated heterocycles. The number of esters is 1. The minimum absolute atomic E-state index is 0.0949. The summed E-state index contributed by atoms with van der Waals surface area (Å²) in [5.41, 5.74) is 0.334. The summed E-state index contributed by atoms with van der Waals surface area (Å²) in [6, 6.07) is 7.43. The van der Waals surface area contributed by atoms with Gasteiger partial charge >= 0.3 is 5.97 Å². The predicted molar refractivity (Wildman–Crippen MR) is 79.0 cm³/mol. The van der Waals surface area contributed by atoms with Crippen LogP contribution >= 0.6 is 22.9 Å². The highest BCUT2D eigenvalue weighted by Crippen LogP contribution is 2.19. The molecular formula is C14H11ClFNO3S. The molecule has 7 heteroatoms. The maximum absolute atomic E-state index is 13.0. The number of hydrogen-bond acceptors (Lipinski definition) is 4. The summed E-state index contributed by atoms with van der Waals surface area (Å²) in [4.78, 5) is 24.0. The van der Waals surface area contributed by atoms with Crippen molar-refractivity contribution >= 4 is 40.5 Å². The number of ether oxygens (including phenoxy) is 1.